The molecule has 0 aromatic heterocycles. The van der Waals surface area contributed by atoms with Gasteiger partial charge in [-0.25, -0.2) is 0 Å². The number of rotatable bonds is 4. The number of hydrogen-bond donors (Lipinski definition) is 3. The van der Waals surface area contributed by atoms with Crippen LogP contribution in [-0.4, -0.2) is 23.3 Å². The van der Waals surface area contributed by atoms with Gasteiger partial charge in [0.05, 0.1) is 0 Å². The van der Waals surface area contributed by atoms with Crippen LogP contribution in [0.2, 0.25) is 0 Å². The number of nitrogens with one attached hydrogen (secondary N) is 3. The first-order valence-corrected chi connectivity index (χ1v) is 8.26. The Hall–Kier alpha value is -3.15. The highest BCUT2D eigenvalue weighted by Crippen LogP contribution is 2.15. The first-order chi connectivity index (χ1) is 12.1. The highest BCUT2D eigenvalue weighted by molar-refractivity contribution is 6.05. The molecule has 0 saturated carbocycles. The smallest absolute Gasteiger partial charge is 0.255 e. The van der Waals surface area contributed by atoms with E-state index in [4.69, 9.17) is 0 Å². The SMILES string of the molecule is CC(=O)Nc1ccc(NC(=O)c2ccc(C(=O)NC(C)(C)C)cc2)cc1. The number of carbonyl (C=O) groups excluding carboxylic acids is 3. The Morgan fingerprint density at radius 3 is 1.54 bits per heavy atom. The van der Waals surface area contributed by atoms with Crippen molar-refractivity contribution in [2.24, 2.45) is 0 Å². The molecule has 2 aromatic carbocycles. The molecule has 0 atom stereocenters. The Balaban J connectivity index is 2.01. The fourth-order valence-corrected chi connectivity index (χ4v) is 2.23. The predicted molar refractivity (Wildman–Crippen MR) is 102 cm³/mol. The number of benzene rings is 2. The van der Waals surface area contributed by atoms with Gasteiger partial charge in [0, 0.05) is 35.0 Å². The molecule has 6 heteroatoms. The van der Waals surface area contributed by atoms with Gasteiger partial charge in [0.15, 0.2) is 0 Å². The Morgan fingerprint density at radius 2 is 1.12 bits per heavy atom. The van der Waals surface area contributed by atoms with Crippen molar-refractivity contribution in [3.05, 3.63) is 59.7 Å². The summed E-state index contributed by atoms with van der Waals surface area (Å²) in [5, 5.41) is 8.31. The average molecular weight is 353 g/mol. The van der Waals surface area contributed by atoms with Crippen LogP contribution in [-0.2, 0) is 4.79 Å². The minimum Gasteiger partial charge on any atom is -0.347 e. The topological polar surface area (TPSA) is 87.3 Å². The van der Waals surface area contributed by atoms with Gasteiger partial charge in [0.1, 0.15) is 0 Å². The minimum atomic E-state index is -0.323. The van der Waals surface area contributed by atoms with E-state index in [0.29, 0.717) is 22.5 Å². The van der Waals surface area contributed by atoms with Gasteiger partial charge in [-0.05, 0) is 69.3 Å². The molecule has 0 heterocycles. The van der Waals surface area contributed by atoms with Crippen LogP contribution in [0.3, 0.4) is 0 Å². The average Bonchev–Trinajstić information content (AvgIpc) is 2.55. The molecule has 0 unspecified atom stereocenters. The van der Waals surface area contributed by atoms with Gasteiger partial charge in [0.2, 0.25) is 5.91 Å². The number of anilines is 2. The van der Waals surface area contributed by atoms with Gasteiger partial charge in [0.25, 0.3) is 11.8 Å². The van der Waals surface area contributed by atoms with Crippen LogP contribution >= 0.6 is 0 Å². The van der Waals surface area contributed by atoms with Crippen molar-refractivity contribution in [3.63, 3.8) is 0 Å². The van der Waals surface area contributed by atoms with Gasteiger partial charge in [-0.1, -0.05) is 0 Å². The third kappa shape index (κ3) is 5.73. The fraction of sp³-hybridized carbons (Fsp3) is 0.250. The molecule has 0 spiro atoms. The molecule has 0 bridgehead atoms. The van der Waals surface area contributed by atoms with Crippen molar-refractivity contribution >= 4 is 29.1 Å². The van der Waals surface area contributed by atoms with Crippen LogP contribution in [0.1, 0.15) is 48.4 Å². The molecular formula is C20H23N3O3. The second kappa shape index (κ2) is 7.82. The van der Waals surface area contributed by atoms with Crippen LogP contribution in [0.25, 0.3) is 0 Å². The zero-order valence-electron chi connectivity index (χ0n) is 15.3. The standard InChI is InChI=1S/C20H23N3O3/c1-13(24)21-16-9-11-17(12-10-16)22-18(25)14-5-7-15(8-6-14)19(26)23-20(2,3)4/h5-12H,1-4H3,(H,21,24)(H,22,25)(H,23,26). The molecule has 26 heavy (non-hydrogen) atoms. The van der Waals surface area contributed by atoms with Gasteiger partial charge in [-0.3, -0.25) is 14.4 Å². The highest BCUT2D eigenvalue weighted by atomic mass is 16.2. The second-order valence-corrected chi connectivity index (χ2v) is 6.99. The van der Waals surface area contributed by atoms with Gasteiger partial charge < -0.3 is 16.0 Å². The largest absolute Gasteiger partial charge is 0.347 e. The van der Waals surface area contributed by atoms with Crippen molar-refractivity contribution in [1.29, 1.82) is 0 Å². The van der Waals surface area contributed by atoms with E-state index in [1.807, 2.05) is 20.8 Å². The van der Waals surface area contributed by atoms with E-state index in [1.54, 1.807) is 48.5 Å². The summed E-state index contributed by atoms with van der Waals surface area (Å²) in [5.74, 6) is -0.615. The lowest BCUT2D eigenvalue weighted by Gasteiger charge is -2.20. The number of hydrogen-bond acceptors (Lipinski definition) is 3. The van der Waals surface area contributed by atoms with Crippen molar-refractivity contribution in [1.82, 2.24) is 5.32 Å². The summed E-state index contributed by atoms with van der Waals surface area (Å²) in [6, 6.07) is 13.3. The van der Waals surface area contributed by atoms with E-state index in [1.165, 1.54) is 6.92 Å². The summed E-state index contributed by atoms with van der Waals surface area (Å²) in [4.78, 5) is 35.4. The molecule has 0 aliphatic heterocycles. The zero-order chi connectivity index (χ0) is 19.3. The maximum Gasteiger partial charge on any atom is 0.255 e. The Bertz CT molecular complexity index is 804. The van der Waals surface area contributed by atoms with Gasteiger partial charge >= 0.3 is 0 Å². The molecule has 0 saturated heterocycles. The maximum atomic E-state index is 12.3. The molecule has 3 amide bonds. The highest BCUT2D eigenvalue weighted by Gasteiger charge is 2.15. The van der Waals surface area contributed by atoms with E-state index in [9.17, 15) is 14.4 Å². The second-order valence-electron chi connectivity index (χ2n) is 6.99. The predicted octanol–water partition coefficient (Wildman–Crippen LogP) is 3.43. The van der Waals surface area contributed by atoms with E-state index >= 15 is 0 Å². The summed E-state index contributed by atoms with van der Waals surface area (Å²) in [6.45, 7) is 7.15. The summed E-state index contributed by atoms with van der Waals surface area (Å²) < 4.78 is 0. The van der Waals surface area contributed by atoms with Crippen LogP contribution in [0.4, 0.5) is 11.4 Å². The molecule has 0 aliphatic rings. The quantitative estimate of drug-likeness (QED) is 0.787. The number of carbonyl (C=O) groups is 3. The third-order valence-electron chi connectivity index (χ3n) is 3.36. The van der Waals surface area contributed by atoms with Gasteiger partial charge in [-0.15, -0.1) is 0 Å². The lowest BCUT2D eigenvalue weighted by atomic mass is 10.1. The van der Waals surface area contributed by atoms with Crippen LogP contribution in [0.5, 0.6) is 0 Å². The zero-order valence-corrected chi connectivity index (χ0v) is 15.3. The van der Waals surface area contributed by atoms with E-state index in [0.717, 1.165) is 0 Å². The van der Waals surface area contributed by atoms with E-state index in [-0.39, 0.29) is 23.3 Å². The molecule has 0 aliphatic carbocycles. The number of amides is 3. The van der Waals surface area contributed by atoms with Crippen molar-refractivity contribution in [2.75, 3.05) is 10.6 Å². The summed E-state index contributed by atoms with van der Waals surface area (Å²) >= 11 is 0. The van der Waals surface area contributed by atoms with Crippen LogP contribution < -0.4 is 16.0 Å². The van der Waals surface area contributed by atoms with Crippen LogP contribution in [0, 0.1) is 0 Å². The molecule has 136 valence electrons. The molecule has 6 nitrogen and oxygen atoms in total. The molecule has 2 rings (SSSR count). The van der Waals surface area contributed by atoms with E-state index < -0.39 is 0 Å². The molecule has 0 fully saturated rings. The Labute approximate surface area is 153 Å². The molecular weight excluding hydrogens is 330 g/mol. The third-order valence-corrected chi connectivity index (χ3v) is 3.36. The Morgan fingerprint density at radius 1 is 0.692 bits per heavy atom. The first kappa shape index (κ1) is 19.2. The normalized spacial score (nSPS) is 10.8. The lowest BCUT2D eigenvalue weighted by molar-refractivity contribution is -0.114. The van der Waals surface area contributed by atoms with Gasteiger partial charge in [-0.2, -0.15) is 0 Å². The minimum absolute atomic E-state index is 0.155. The molecule has 2 aromatic rings. The van der Waals surface area contributed by atoms with Crippen LogP contribution in [0.15, 0.2) is 48.5 Å². The maximum absolute atomic E-state index is 12.3. The molecule has 3 N–H and O–H groups in total. The summed E-state index contributed by atoms with van der Waals surface area (Å²) in [5.41, 5.74) is 1.89. The van der Waals surface area contributed by atoms with Crippen molar-refractivity contribution in [2.45, 2.75) is 33.2 Å². The summed E-state index contributed by atoms with van der Waals surface area (Å²) in [6.07, 6.45) is 0. The van der Waals surface area contributed by atoms with E-state index in [2.05, 4.69) is 16.0 Å². The monoisotopic (exact) mass is 353 g/mol. The summed E-state index contributed by atoms with van der Waals surface area (Å²) in [7, 11) is 0. The van der Waals surface area contributed by atoms with Crippen molar-refractivity contribution in [3.8, 4) is 0 Å². The first-order valence-electron chi connectivity index (χ1n) is 8.26. The fourth-order valence-electron chi connectivity index (χ4n) is 2.23. The Kier molecular flexibility index (Phi) is 5.77. The van der Waals surface area contributed by atoms with Crippen molar-refractivity contribution < 1.29 is 14.4 Å². The molecule has 0 radical (unpaired) electrons. The lowest BCUT2D eigenvalue weighted by Crippen LogP contribution is -2.40.